The van der Waals surface area contributed by atoms with E-state index in [0.29, 0.717) is 22.0 Å². The standard InChI is InChI=1S/C12H14ClNO2S/c1-8(12(15)16-2)5-6-17-11-4-3-9(13)7-10(11)14/h3-5,7H,6,14H2,1-2H3. The number of carbonyl (C=O) groups excluding carboxylic acids is 1. The van der Waals surface area contributed by atoms with E-state index in [4.69, 9.17) is 17.3 Å². The van der Waals surface area contributed by atoms with Crippen molar-refractivity contribution in [3.63, 3.8) is 0 Å². The Morgan fingerprint density at radius 1 is 1.59 bits per heavy atom. The van der Waals surface area contributed by atoms with Crippen molar-refractivity contribution in [1.82, 2.24) is 0 Å². The number of benzene rings is 1. The van der Waals surface area contributed by atoms with Crippen LogP contribution in [0.5, 0.6) is 0 Å². The molecule has 0 amide bonds. The highest BCUT2D eigenvalue weighted by atomic mass is 35.5. The minimum absolute atomic E-state index is 0.310. The zero-order chi connectivity index (χ0) is 12.8. The maximum atomic E-state index is 11.1. The number of anilines is 1. The van der Waals surface area contributed by atoms with Gasteiger partial charge >= 0.3 is 5.97 Å². The fourth-order valence-electron chi connectivity index (χ4n) is 1.15. The van der Waals surface area contributed by atoms with Gasteiger partial charge in [-0.05, 0) is 25.1 Å². The Bertz CT molecular complexity index is 446. The first-order valence-electron chi connectivity index (χ1n) is 4.97. The van der Waals surface area contributed by atoms with Crippen LogP contribution in [0.15, 0.2) is 34.7 Å². The van der Waals surface area contributed by atoms with Gasteiger partial charge in [0.25, 0.3) is 0 Å². The number of halogens is 1. The second-order valence-corrected chi connectivity index (χ2v) is 4.87. The Hall–Kier alpha value is -1.13. The Balaban J connectivity index is 2.59. The van der Waals surface area contributed by atoms with Crippen molar-refractivity contribution in [2.24, 2.45) is 0 Å². The van der Waals surface area contributed by atoms with Crippen molar-refractivity contribution in [2.45, 2.75) is 11.8 Å². The van der Waals surface area contributed by atoms with Crippen LogP contribution in [0.2, 0.25) is 5.02 Å². The van der Waals surface area contributed by atoms with Gasteiger partial charge in [-0.2, -0.15) is 0 Å². The summed E-state index contributed by atoms with van der Waals surface area (Å²) in [7, 11) is 1.37. The van der Waals surface area contributed by atoms with Crippen LogP contribution < -0.4 is 5.73 Å². The van der Waals surface area contributed by atoms with Crippen LogP contribution in [-0.4, -0.2) is 18.8 Å². The minimum Gasteiger partial charge on any atom is -0.466 e. The van der Waals surface area contributed by atoms with E-state index in [1.165, 1.54) is 7.11 Å². The van der Waals surface area contributed by atoms with E-state index in [0.717, 1.165) is 4.90 Å². The number of hydrogen-bond acceptors (Lipinski definition) is 4. The molecule has 0 saturated carbocycles. The molecule has 0 saturated heterocycles. The highest BCUT2D eigenvalue weighted by molar-refractivity contribution is 7.99. The molecule has 1 aromatic rings. The van der Waals surface area contributed by atoms with Gasteiger partial charge in [-0.25, -0.2) is 4.79 Å². The molecule has 0 bridgehead atoms. The van der Waals surface area contributed by atoms with Crippen molar-refractivity contribution in [3.8, 4) is 0 Å². The number of esters is 1. The van der Waals surface area contributed by atoms with Gasteiger partial charge < -0.3 is 10.5 Å². The fraction of sp³-hybridized carbons (Fsp3) is 0.250. The van der Waals surface area contributed by atoms with E-state index >= 15 is 0 Å². The van der Waals surface area contributed by atoms with Crippen LogP contribution in [-0.2, 0) is 9.53 Å². The molecule has 0 aliphatic heterocycles. The number of carbonyl (C=O) groups is 1. The van der Waals surface area contributed by atoms with Gasteiger partial charge in [0.1, 0.15) is 0 Å². The highest BCUT2D eigenvalue weighted by Crippen LogP contribution is 2.27. The molecule has 0 aliphatic carbocycles. The molecular formula is C12H14ClNO2S. The smallest absolute Gasteiger partial charge is 0.333 e. The lowest BCUT2D eigenvalue weighted by Crippen LogP contribution is -2.01. The van der Waals surface area contributed by atoms with Gasteiger partial charge in [0.15, 0.2) is 0 Å². The molecule has 1 rings (SSSR count). The van der Waals surface area contributed by atoms with Crippen LogP contribution in [0.4, 0.5) is 5.69 Å². The first kappa shape index (κ1) is 13.9. The first-order chi connectivity index (χ1) is 8.04. The van der Waals surface area contributed by atoms with Gasteiger partial charge in [0, 0.05) is 26.9 Å². The third kappa shape index (κ3) is 4.32. The summed E-state index contributed by atoms with van der Waals surface area (Å²) in [5, 5.41) is 0.619. The van der Waals surface area contributed by atoms with Gasteiger partial charge in [-0.3, -0.25) is 0 Å². The molecule has 92 valence electrons. The molecule has 0 aromatic heterocycles. The van der Waals surface area contributed by atoms with Gasteiger partial charge in [0.2, 0.25) is 0 Å². The molecule has 0 unspecified atom stereocenters. The van der Waals surface area contributed by atoms with E-state index < -0.39 is 0 Å². The number of nitrogen functional groups attached to an aromatic ring is 1. The summed E-state index contributed by atoms with van der Waals surface area (Å²) >= 11 is 7.34. The Morgan fingerprint density at radius 2 is 2.29 bits per heavy atom. The Kier molecular flexibility index (Phi) is 5.38. The summed E-state index contributed by atoms with van der Waals surface area (Å²) in [6.07, 6.45) is 1.81. The largest absolute Gasteiger partial charge is 0.466 e. The van der Waals surface area contributed by atoms with Gasteiger partial charge in [-0.1, -0.05) is 17.7 Å². The zero-order valence-electron chi connectivity index (χ0n) is 9.70. The quantitative estimate of drug-likeness (QED) is 0.396. The number of rotatable bonds is 4. The van der Waals surface area contributed by atoms with Gasteiger partial charge in [-0.15, -0.1) is 11.8 Å². The highest BCUT2D eigenvalue weighted by Gasteiger charge is 2.03. The van der Waals surface area contributed by atoms with Crippen molar-refractivity contribution in [3.05, 3.63) is 34.9 Å². The number of ether oxygens (including phenoxy) is 1. The van der Waals surface area contributed by atoms with Crippen LogP contribution in [0, 0.1) is 0 Å². The Morgan fingerprint density at radius 3 is 2.88 bits per heavy atom. The normalized spacial score (nSPS) is 11.4. The first-order valence-corrected chi connectivity index (χ1v) is 6.34. The summed E-state index contributed by atoms with van der Waals surface area (Å²) in [6, 6.07) is 5.36. The maximum Gasteiger partial charge on any atom is 0.333 e. The third-order valence-electron chi connectivity index (χ3n) is 2.11. The number of hydrogen-bond donors (Lipinski definition) is 1. The Labute approximate surface area is 110 Å². The van der Waals surface area contributed by atoms with E-state index in [9.17, 15) is 4.79 Å². The second kappa shape index (κ2) is 6.57. The van der Waals surface area contributed by atoms with E-state index in [1.54, 1.807) is 30.8 Å². The van der Waals surface area contributed by atoms with Crippen molar-refractivity contribution in [1.29, 1.82) is 0 Å². The number of nitrogens with two attached hydrogens (primary N) is 1. The maximum absolute atomic E-state index is 11.1. The lowest BCUT2D eigenvalue weighted by molar-refractivity contribution is -0.136. The summed E-state index contributed by atoms with van der Waals surface area (Å²) in [4.78, 5) is 12.1. The fourth-order valence-corrected chi connectivity index (χ4v) is 2.23. The summed E-state index contributed by atoms with van der Waals surface area (Å²) < 4.78 is 4.60. The molecule has 1 aromatic carbocycles. The molecule has 3 nitrogen and oxygen atoms in total. The monoisotopic (exact) mass is 271 g/mol. The zero-order valence-corrected chi connectivity index (χ0v) is 11.3. The topological polar surface area (TPSA) is 52.3 Å². The minimum atomic E-state index is -0.310. The SMILES string of the molecule is COC(=O)C(C)=CCSc1ccc(Cl)cc1N. The summed E-state index contributed by atoms with van der Waals surface area (Å²) in [5.41, 5.74) is 7.04. The molecule has 2 N–H and O–H groups in total. The predicted molar refractivity (Wildman–Crippen MR) is 72.4 cm³/mol. The molecule has 0 atom stereocenters. The number of methoxy groups -OCH3 is 1. The van der Waals surface area contributed by atoms with E-state index in [1.807, 2.05) is 12.1 Å². The van der Waals surface area contributed by atoms with Crippen LogP contribution in [0.1, 0.15) is 6.92 Å². The molecule has 0 fully saturated rings. The average Bonchev–Trinajstić information content (AvgIpc) is 2.30. The third-order valence-corrected chi connectivity index (χ3v) is 3.36. The molecular weight excluding hydrogens is 258 g/mol. The molecule has 0 aliphatic rings. The second-order valence-electron chi connectivity index (χ2n) is 3.37. The van der Waals surface area contributed by atoms with Crippen molar-refractivity contribution in [2.75, 3.05) is 18.6 Å². The van der Waals surface area contributed by atoms with Crippen molar-refractivity contribution >= 4 is 35.0 Å². The van der Waals surface area contributed by atoms with Crippen LogP contribution >= 0.6 is 23.4 Å². The molecule has 0 radical (unpaired) electrons. The van der Waals surface area contributed by atoms with Gasteiger partial charge in [0.05, 0.1) is 7.11 Å². The molecule has 17 heavy (non-hydrogen) atoms. The summed E-state index contributed by atoms with van der Waals surface area (Å²) in [5.74, 6) is 0.349. The molecule has 0 spiro atoms. The predicted octanol–water partition coefficient (Wildman–Crippen LogP) is 3.13. The summed E-state index contributed by atoms with van der Waals surface area (Å²) in [6.45, 7) is 1.72. The van der Waals surface area contributed by atoms with E-state index in [-0.39, 0.29) is 5.97 Å². The molecule has 0 heterocycles. The lowest BCUT2D eigenvalue weighted by Gasteiger charge is -2.04. The lowest BCUT2D eigenvalue weighted by atomic mass is 10.3. The average molecular weight is 272 g/mol. The van der Waals surface area contributed by atoms with E-state index in [2.05, 4.69) is 4.74 Å². The van der Waals surface area contributed by atoms with Crippen LogP contribution in [0.3, 0.4) is 0 Å². The molecule has 5 heteroatoms. The number of thioether (sulfide) groups is 1. The van der Waals surface area contributed by atoms with Crippen molar-refractivity contribution < 1.29 is 9.53 Å². The van der Waals surface area contributed by atoms with Crippen LogP contribution in [0.25, 0.3) is 0 Å².